The number of aromatic nitrogens is 1. The van der Waals surface area contributed by atoms with Gasteiger partial charge in [-0.15, -0.1) is 0 Å². The number of nitrogens with zero attached hydrogens (tertiary/aromatic N) is 1. The Kier molecular flexibility index (Phi) is 3.34. The number of hydrogen-bond acceptors (Lipinski definition) is 3. The third-order valence-electron chi connectivity index (χ3n) is 3.34. The van der Waals surface area contributed by atoms with E-state index >= 15 is 0 Å². The topological polar surface area (TPSA) is 56.0 Å². The van der Waals surface area contributed by atoms with E-state index in [0.717, 1.165) is 36.9 Å². The Bertz CT molecular complexity index is 364. The predicted molar refractivity (Wildman–Crippen MR) is 63.2 cm³/mol. The van der Waals surface area contributed by atoms with Gasteiger partial charge in [-0.05, 0) is 44.7 Å². The summed E-state index contributed by atoms with van der Waals surface area (Å²) >= 11 is 0. The summed E-state index contributed by atoms with van der Waals surface area (Å²) in [4.78, 5) is 16.3. The Morgan fingerprint density at radius 3 is 2.56 bits per heavy atom. The van der Waals surface area contributed by atoms with Gasteiger partial charge >= 0.3 is 0 Å². The van der Waals surface area contributed by atoms with Crippen molar-refractivity contribution in [1.82, 2.24) is 4.98 Å². The lowest BCUT2D eigenvalue weighted by molar-refractivity contribution is 0.0884. The normalized spacial score (nSPS) is 25.4. The van der Waals surface area contributed by atoms with E-state index in [-0.39, 0.29) is 11.7 Å². The summed E-state index contributed by atoms with van der Waals surface area (Å²) in [5, 5.41) is 0. The van der Waals surface area contributed by atoms with Crippen LogP contribution in [0.3, 0.4) is 0 Å². The summed E-state index contributed by atoms with van der Waals surface area (Å²) in [7, 11) is 0. The van der Waals surface area contributed by atoms with Crippen molar-refractivity contribution >= 4 is 5.78 Å². The highest BCUT2D eigenvalue weighted by Crippen LogP contribution is 2.26. The van der Waals surface area contributed by atoms with Gasteiger partial charge in [0, 0.05) is 29.4 Å². The summed E-state index contributed by atoms with van der Waals surface area (Å²) in [6.45, 7) is 1.92. The Balaban J connectivity index is 2.05. The van der Waals surface area contributed by atoms with Crippen LogP contribution in [0.2, 0.25) is 0 Å². The number of pyridine rings is 1. The second-order valence-corrected chi connectivity index (χ2v) is 4.66. The van der Waals surface area contributed by atoms with Gasteiger partial charge in [0.2, 0.25) is 0 Å². The van der Waals surface area contributed by atoms with E-state index < -0.39 is 0 Å². The lowest BCUT2D eigenvalue weighted by Gasteiger charge is -2.24. The van der Waals surface area contributed by atoms with Gasteiger partial charge < -0.3 is 5.73 Å². The van der Waals surface area contributed by atoms with Gasteiger partial charge in [-0.25, -0.2) is 0 Å². The van der Waals surface area contributed by atoms with Crippen molar-refractivity contribution < 1.29 is 4.79 Å². The Morgan fingerprint density at radius 2 is 2.00 bits per heavy atom. The van der Waals surface area contributed by atoms with Crippen LogP contribution < -0.4 is 5.73 Å². The molecular formula is C13H18N2O. The van der Waals surface area contributed by atoms with Crippen LogP contribution in [0, 0.1) is 12.8 Å². The molecule has 1 aliphatic carbocycles. The Labute approximate surface area is 96.1 Å². The summed E-state index contributed by atoms with van der Waals surface area (Å²) in [5.74, 6) is 0.392. The number of ketones is 1. The standard InChI is InChI=1S/C13H18N2O/c1-9-2-3-11(8-15-9)13(16)10-4-6-12(14)7-5-10/h2-3,8,10,12H,4-7,14H2,1H3. The lowest BCUT2D eigenvalue weighted by Crippen LogP contribution is -2.29. The molecule has 1 aromatic rings. The fraction of sp³-hybridized carbons (Fsp3) is 0.538. The molecule has 0 bridgehead atoms. The first-order valence-electron chi connectivity index (χ1n) is 5.89. The molecule has 0 radical (unpaired) electrons. The molecule has 86 valence electrons. The average molecular weight is 218 g/mol. The van der Waals surface area contributed by atoms with Crippen LogP contribution in [0.5, 0.6) is 0 Å². The number of aryl methyl sites for hydroxylation is 1. The van der Waals surface area contributed by atoms with Crippen LogP contribution in [-0.4, -0.2) is 16.8 Å². The van der Waals surface area contributed by atoms with Crippen LogP contribution in [0.4, 0.5) is 0 Å². The van der Waals surface area contributed by atoms with E-state index in [9.17, 15) is 4.79 Å². The average Bonchev–Trinajstić information content (AvgIpc) is 2.30. The number of Topliss-reactive ketones (excluding diaryl/α,β-unsaturated/α-hetero) is 1. The summed E-state index contributed by atoms with van der Waals surface area (Å²) in [6, 6.07) is 4.06. The molecule has 3 heteroatoms. The molecule has 1 fully saturated rings. The molecule has 0 aromatic carbocycles. The molecule has 0 unspecified atom stereocenters. The first-order chi connectivity index (χ1) is 7.66. The van der Waals surface area contributed by atoms with E-state index in [1.807, 2.05) is 19.1 Å². The summed E-state index contributed by atoms with van der Waals surface area (Å²) in [6.07, 6.45) is 5.47. The quantitative estimate of drug-likeness (QED) is 0.773. The Hall–Kier alpha value is -1.22. The first-order valence-corrected chi connectivity index (χ1v) is 5.89. The van der Waals surface area contributed by atoms with Crippen molar-refractivity contribution in [3.05, 3.63) is 29.6 Å². The zero-order valence-corrected chi connectivity index (χ0v) is 9.65. The maximum Gasteiger partial charge on any atom is 0.167 e. The molecule has 2 rings (SSSR count). The fourth-order valence-corrected chi connectivity index (χ4v) is 2.23. The maximum absolute atomic E-state index is 12.1. The van der Waals surface area contributed by atoms with Crippen molar-refractivity contribution in [1.29, 1.82) is 0 Å². The third kappa shape index (κ3) is 2.47. The molecule has 0 saturated heterocycles. The number of rotatable bonds is 2. The van der Waals surface area contributed by atoms with Crippen LogP contribution in [0.25, 0.3) is 0 Å². The molecule has 16 heavy (non-hydrogen) atoms. The van der Waals surface area contributed by atoms with E-state index in [2.05, 4.69) is 4.98 Å². The van der Waals surface area contributed by atoms with Crippen molar-refractivity contribution in [3.8, 4) is 0 Å². The number of nitrogens with two attached hydrogens (primary N) is 1. The van der Waals surface area contributed by atoms with Gasteiger partial charge in [0.05, 0.1) is 0 Å². The van der Waals surface area contributed by atoms with E-state index in [1.54, 1.807) is 6.20 Å². The van der Waals surface area contributed by atoms with E-state index in [0.29, 0.717) is 6.04 Å². The molecule has 0 spiro atoms. The molecule has 1 aliphatic rings. The highest BCUT2D eigenvalue weighted by atomic mass is 16.1. The minimum atomic E-state index is 0.157. The van der Waals surface area contributed by atoms with Gasteiger partial charge in [-0.1, -0.05) is 0 Å². The van der Waals surface area contributed by atoms with E-state index in [4.69, 9.17) is 5.73 Å². The smallest absolute Gasteiger partial charge is 0.167 e. The van der Waals surface area contributed by atoms with Crippen LogP contribution >= 0.6 is 0 Å². The highest BCUT2D eigenvalue weighted by Gasteiger charge is 2.25. The minimum Gasteiger partial charge on any atom is -0.328 e. The van der Waals surface area contributed by atoms with Gasteiger partial charge in [-0.2, -0.15) is 0 Å². The minimum absolute atomic E-state index is 0.157. The van der Waals surface area contributed by atoms with Crippen molar-refractivity contribution in [2.24, 2.45) is 11.7 Å². The second-order valence-electron chi connectivity index (χ2n) is 4.66. The monoisotopic (exact) mass is 218 g/mol. The van der Waals surface area contributed by atoms with Gasteiger partial charge in [0.1, 0.15) is 0 Å². The maximum atomic E-state index is 12.1. The fourth-order valence-electron chi connectivity index (χ4n) is 2.23. The molecule has 0 amide bonds. The third-order valence-corrected chi connectivity index (χ3v) is 3.34. The van der Waals surface area contributed by atoms with Crippen LogP contribution in [0.15, 0.2) is 18.3 Å². The molecule has 1 saturated carbocycles. The molecule has 1 aromatic heterocycles. The zero-order chi connectivity index (χ0) is 11.5. The lowest BCUT2D eigenvalue weighted by atomic mass is 9.82. The van der Waals surface area contributed by atoms with Crippen molar-refractivity contribution in [2.45, 2.75) is 38.6 Å². The number of carbonyl (C=O) groups excluding carboxylic acids is 1. The summed E-state index contributed by atoms with van der Waals surface area (Å²) in [5.41, 5.74) is 7.52. The Morgan fingerprint density at radius 1 is 1.31 bits per heavy atom. The number of carbonyl (C=O) groups is 1. The molecule has 2 N–H and O–H groups in total. The van der Waals surface area contributed by atoms with Gasteiger partial charge in [0.25, 0.3) is 0 Å². The highest BCUT2D eigenvalue weighted by molar-refractivity contribution is 5.97. The molecule has 1 heterocycles. The summed E-state index contributed by atoms with van der Waals surface area (Å²) < 4.78 is 0. The van der Waals surface area contributed by atoms with Crippen LogP contribution in [0.1, 0.15) is 41.7 Å². The number of hydrogen-bond donors (Lipinski definition) is 1. The van der Waals surface area contributed by atoms with Crippen molar-refractivity contribution in [2.75, 3.05) is 0 Å². The molecule has 0 aliphatic heterocycles. The molecule has 0 atom stereocenters. The second kappa shape index (κ2) is 4.74. The van der Waals surface area contributed by atoms with Crippen molar-refractivity contribution in [3.63, 3.8) is 0 Å². The predicted octanol–water partition coefficient (Wildman–Crippen LogP) is 2.09. The zero-order valence-electron chi connectivity index (χ0n) is 9.65. The largest absolute Gasteiger partial charge is 0.328 e. The molecular weight excluding hydrogens is 200 g/mol. The molecule has 3 nitrogen and oxygen atoms in total. The first kappa shape index (κ1) is 11.3. The van der Waals surface area contributed by atoms with E-state index in [1.165, 1.54) is 0 Å². The van der Waals surface area contributed by atoms with Gasteiger partial charge in [-0.3, -0.25) is 9.78 Å². The van der Waals surface area contributed by atoms with Gasteiger partial charge in [0.15, 0.2) is 5.78 Å². The SMILES string of the molecule is Cc1ccc(C(=O)C2CCC(N)CC2)cn1. The van der Waals surface area contributed by atoms with Crippen LogP contribution in [-0.2, 0) is 0 Å².